The Bertz CT molecular complexity index is 469. The molecule has 0 aliphatic rings. The van der Waals surface area contributed by atoms with Gasteiger partial charge in [0.05, 0.1) is 5.60 Å². The van der Waals surface area contributed by atoms with Crippen LogP contribution in [0.4, 0.5) is 0 Å². The first kappa shape index (κ1) is 39.9. The van der Waals surface area contributed by atoms with Gasteiger partial charge in [-0.15, -0.1) is 0 Å². The van der Waals surface area contributed by atoms with Gasteiger partial charge in [-0.2, -0.15) is 0 Å². The Hall–Kier alpha value is -0.0551. The molecule has 0 aliphatic carbocycles. The van der Waals surface area contributed by atoms with Crippen molar-refractivity contribution < 1.29 is 14.7 Å². The molecule has 0 aromatic heterocycles. The van der Waals surface area contributed by atoms with Gasteiger partial charge in [-0.05, 0) is 31.6 Å². The molecule has 0 bridgehead atoms. The van der Waals surface area contributed by atoms with Crippen molar-refractivity contribution in [3.8, 4) is 0 Å². The molecule has 3 nitrogen and oxygen atoms in total. The van der Waals surface area contributed by atoms with E-state index in [0.717, 1.165) is 25.7 Å². The molecular formula is C36H75BO3. The Balaban J connectivity index is 5.39. The molecule has 1 unspecified atom stereocenters. The van der Waals surface area contributed by atoms with E-state index in [2.05, 4.69) is 27.7 Å². The Morgan fingerprint density at radius 2 is 0.700 bits per heavy atom. The summed E-state index contributed by atoms with van der Waals surface area (Å²) in [6, 6.07) is 0. The predicted octanol–water partition coefficient (Wildman–Crippen LogP) is 12.1. The van der Waals surface area contributed by atoms with Crippen LogP contribution in [-0.2, 0) is 4.65 Å². The number of hydrogen-bond donors (Lipinski definition) is 2. The van der Waals surface area contributed by atoms with Crippen molar-refractivity contribution >= 4 is 7.32 Å². The minimum Gasteiger partial charge on any atom is -0.402 e. The highest BCUT2D eigenvalue weighted by Gasteiger charge is 2.41. The minimum atomic E-state index is -1.66. The van der Waals surface area contributed by atoms with Crippen LogP contribution in [-0.4, -0.2) is 23.0 Å². The SMILES string of the molecule is CCCCCCCCCCC(CCCCCCCC)C(CCCCCCCC)(CCCCCCCC)OB(O)O. The van der Waals surface area contributed by atoms with Crippen molar-refractivity contribution in [1.29, 1.82) is 0 Å². The van der Waals surface area contributed by atoms with Crippen LogP contribution in [0.3, 0.4) is 0 Å². The number of rotatable bonds is 33. The van der Waals surface area contributed by atoms with Gasteiger partial charge in [-0.3, -0.25) is 0 Å². The first-order valence-electron chi connectivity index (χ1n) is 18.6. The largest absolute Gasteiger partial charge is 0.634 e. The maximum Gasteiger partial charge on any atom is 0.634 e. The quantitative estimate of drug-likeness (QED) is 0.0613. The minimum absolute atomic E-state index is 0.381. The van der Waals surface area contributed by atoms with E-state index in [-0.39, 0.29) is 5.60 Å². The third-order valence-corrected chi connectivity index (χ3v) is 9.30. The Morgan fingerprint density at radius 1 is 0.425 bits per heavy atom. The fourth-order valence-corrected chi connectivity index (χ4v) is 6.73. The topological polar surface area (TPSA) is 49.7 Å². The third-order valence-electron chi connectivity index (χ3n) is 9.30. The molecule has 4 heteroatoms. The molecule has 0 fully saturated rings. The summed E-state index contributed by atoms with van der Waals surface area (Å²) < 4.78 is 6.28. The summed E-state index contributed by atoms with van der Waals surface area (Å²) in [6.07, 6.45) is 38.2. The first-order chi connectivity index (χ1) is 19.6. The van der Waals surface area contributed by atoms with Crippen molar-refractivity contribution in [2.24, 2.45) is 5.92 Å². The number of unbranched alkanes of at least 4 members (excludes halogenated alkanes) is 22. The molecule has 0 saturated carbocycles. The summed E-state index contributed by atoms with van der Waals surface area (Å²) in [5.74, 6) is 0.437. The van der Waals surface area contributed by atoms with Crippen LogP contribution >= 0.6 is 0 Å². The second kappa shape index (κ2) is 30.4. The van der Waals surface area contributed by atoms with Crippen molar-refractivity contribution in [1.82, 2.24) is 0 Å². The van der Waals surface area contributed by atoms with Crippen LogP contribution in [0.15, 0.2) is 0 Å². The Labute approximate surface area is 253 Å². The lowest BCUT2D eigenvalue weighted by Gasteiger charge is -2.42. The molecule has 0 rings (SSSR count). The van der Waals surface area contributed by atoms with E-state index in [4.69, 9.17) is 4.65 Å². The molecule has 0 aromatic rings. The Kier molecular flexibility index (Phi) is 30.4. The standard InChI is InChI=1S/C36H75BO3/c1-5-9-13-17-21-22-24-28-32-35(31-27-23-18-14-10-6-2)36(40-37(38)39,33-29-25-19-15-11-7-3)34-30-26-20-16-12-8-4/h35,38-39H,5-34H2,1-4H3. The first-order valence-corrected chi connectivity index (χ1v) is 18.6. The fourth-order valence-electron chi connectivity index (χ4n) is 6.73. The van der Waals surface area contributed by atoms with Gasteiger partial charge in [0.2, 0.25) is 0 Å². The highest BCUT2D eigenvalue weighted by molar-refractivity contribution is 6.32. The average molecular weight is 567 g/mol. The van der Waals surface area contributed by atoms with Crippen molar-refractivity contribution in [2.75, 3.05) is 0 Å². The fraction of sp³-hybridized carbons (Fsp3) is 1.00. The third kappa shape index (κ3) is 23.5. The second-order valence-electron chi connectivity index (χ2n) is 13.1. The van der Waals surface area contributed by atoms with Gasteiger partial charge in [-0.1, -0.05) is 195 Å². The lowest BCUT2D eigenvalue weighted by molar-refractivity contribution is -0.0534. The maximum absolute atomic E-state index is 10.2. The van der Waals surface area contributed by atoms with E-state index in [9.17, 15) is 10.0 Å². The smallest absolute Gasteiger partial charge is 0.402 e. The van der Waals surface area contributed by atoms with Gasteiger partial charge in [0.15, 0.2) is 0 Å². The highest BCUT2D eigenvalue weighted by Crippen LogP contribution is 2.40. The summed E-state index contributed by atoms with van der Waals surface area (Å²) in [7, 11) is -1.66. The van der Waals surface area contributed by atoms with Gasteiger partial charge in [0.1, 0.15) is 0 Å². The summed E-state index contributed by atoms with van der Waals surface area (Å²) in [5, 5.41) is 20.4. The predicted molar refractivity (Wildman–Crippen MR) is 179 cm³/mol. The molecule has 0 radical (unpaired) electrons. The van der Waals surface area contributed by atoms with E-state index in [1.165, 1.54) is 167 Å². The zero-order valence-electron chi connectivity index (χ0n) is 28.2. The van der Waals surface area contributed by atoms with Crippen LogP contribution in [0, 0.1) is 5.92 Å². The zero-order chi connectivity index (χ0) is 29.6. The summed E-state index contributed by atoms with van der Waals surface area (Å²) in [5.41, 5.74) is -0.381. The van der Waals surface area contributed by atoms with Crippen LogP contribution in [0.1, 0.15) is 220 Å². The van der Waals surface area contributed by atoms with Crippen molar-refractivity contribution in [3.05, 3.63) is 0 Å². The molecule has 0 amide bonds. The van der Waals surface area contributed by atoms with E-state index >= 15 is 0 Å². The molecule has 1 atom stereocenters. The number of hydrogen-bond acceptors (Lipinski definition) is 3. The highest BCUT2D eigenvalue weighted by atomic mass is 16.6. The Morgan fingerprint density at radius 3 is 1.00 bits per heavy atom. The van der Waals surface area contributed by atoms with Crippen LogP contribution in [0.5, 0.6) is 0 Å². The molecule has 2 N–H and O–H groups in total. The van der Waals surface area contributed by atoms with E-state index in [0.29, 0.717) is 5.92 Å². The monoisotopic (exact) mass is 567 g/mol. The van der Waals surface area contributed by atoms with Crippen LogP contribution in [0.25, 0.3) is 0 Å². The van der Waals surface area contributed by atoms with Crippen LogP contribution < -0.4 is 0 Å². The van der Waals surface area contributed by atoms with Gasteiger partial charge >= 0.3 is 7.32 Å². The average Bonchev–Trinajstić information content (AvgIpc) is 2.94. The van der Waals surface area contributed by atoms with Crippen molar-refractivity contribution in [2.45, 2.75) is 226 Å². The van der Waals surface area contributed by atoms with Crippen molar-refractivity contribution in [3.63, 3.8) is 0 Å². The van der Waals surface area contributed by atoms with E-state index < -0.39 is 7.32 Å². The molecule has 40 heavy (non-hydrogen) atoms. The van der Waals surface area contributed by atoms with Crippen LogP contribution in [0.2, 0.25) is 0 Å². The van der Waals surface area contributed by atoms with Gasteiger partial charge < -0.3 is 14.7 Å². The summed E-state index contributed by atoms with van der Waals surface area (Å²) in [4.78, 5) is 0. The lowest BCUT2D eigenvalue weighted by atomic mass is 9.73. The van der Waals surface area contributed by atoms with E-state index in [1.54, 1.807) is 0 Å². The summed E-state index contributed by atoms with van der Waals surface area (Å²) >= 11 is 0. The zero-order valence-corrected chi connectivity index (χ0v) is 28.2. The molecule has 0 spiro atoms. The normalized spacial score (nSPS) is 12.8. The molecule has 240 valence electrons. The lowest BCUT2D eigenvalue weighted by Crippen LogP contribution is -2.46. The maximum atomic E-state index is 10.2. The molecule has 0 aromatic carbocycles. The van der Waals surface area contributed by atoms with Gasteiger partial charge in [-0.25, -0.2) is 0 Å². The second-order valence-corrected chi connectivity index (χ2v) is 13.1. The van der Waals surface area contributed by atoms with Gasteiger partial charge in [0.25, 0.3) is 0 Å². The molecular weight excluding hydrogens is 491 g/mol. The molecule has 0 heterocycles. The molecule has 0 saturated heterocycles. The molecule has 0 aliphatic heterocycles. The summed E-state index contributed by atoms with van der Waals surface area (Å²) in [6.45, 7) is 9.13. The van der Waals surface area contributed by atoms with Gasteiger partial charge in [0, 0.05) is 0 Å². The van der Waals surface area contributed by atoms with E-state index in [1.807, 2.05) is 0 Å².